The van der Waals surface area contributed by atoms with Crippen molar-refractivity contribution >= 4 is 17.1 Å². The molecule has 3 aromatic carbocycles. The van der Waals surface area contributed by atoms with Crippen molar-refractivity contribution in [1.29, 1.82) is 0 Å². The van der Waals surface area contributed by atoms with Gasteiger partial charge in [0.25, 0.3) is 0 Å². The summed E-state index contributed by atoms with van der Waals surface area (Å²) in [6.07, 6.45) is 4.17. The van der Waals surface area contributed by atoms with Crippen molar-refractivity contribution in [3.8, 4) is 11.5 Å². The SMILES string of the molecule is Cc1cc2c(cc1C)C(C)(C)N(C)CN2c1cccc(Oc2cccc(N3C=CN(C)C3)c2)c1. The molecule has 0 N–H and O–H groups in total. The van der Waals surface area contributed by atoms with Crippen LogP contribution in [0.1, 0.15) is 30.5 Å². The fraction of sp³-hybridized carbons (Fsp3) is 0.310. The van der Waals surface area contributed by atoms with Gasteiger partial charge in [0, 0.05) is 54.2 Å². The number of hydrogen-bond donors (Lipinski definition) is 0. The lowest BCUT2D eigenvalue weighted by Gasteiger charge is -2.47. The van der Waals surface area contributed by atoms with E-state index in [1.54, 1.807) is 0 Å². The molecule has 0 bridgehead atoms. The Morgan fingerprint density at radius 3 is 2.09 bits per heavy atom. The summed E-state index contributed by atoms with van der Waals surface area (Å²) >= 11 is 0. The molecule has 0 unspecified atom stereocenters. The van der Waals surface area contributed by atoms with Crippen molar-refractivity contribution in [1.82, 2.24) is 9.80 Å². The third-order valence-electron chi connectivity index (χ3n) is 7.26. The Kier molecular flexibility index (Phi) is 5.53. The maximum atomic E-state index is 6.33. The molecular weight excluding hydrogens is 420 g/mol. The summed E-state index contributed by atoms with van der Waals surface area (Å²) in [7, 11) is 4.27. The second-order valence-corrected chi connectivity index (χ2v) is 10.0. The van der Waals surface area contributed by atoms with Crippen molar-refractivity contribution in [3.63, 3.8) is 0 Å². The number of benzene rings is 3. The minimum atomic E-state index is -0.0308. The smallest absolute Gasteiger partial charge is 0.129 e. The summed E-state index contributed by atoms with van der Waals surface area (Å²) in [6.45, 7) is 10.7. The quantitative estimate of drug-likeness (QED) is 0.444. The first kappa shape index (κ1) is 22.4. The molecule has 0 aliphatic carbocycles. The third-order valence-corrected chi connectivity index (χ3v) is 7.26. The molecular formula is C29H34N4O. The van der Waals surface area contributed by atoms with Gasteiger partial charge in [0.15, 0.2) is 0 Å². The average molecular weight is 455 g/mol. The maximum Gasteiger partial charge on any atom is 0.129 e. The summed E-state index contributed by atoms with van der Waals surface area (Å²) in [5, 5.41) is 0. The first-order valence-electron chi connectivity index (χ1n) is 11.9. The van der Waals surface area contributed by atoms with E-state index in [0.717, 1.165) is 36.2 Å². The van der Waals surface area contributed by atoms with Gasteiger partial charge in [-0.3, -0.25) is 4.90 Å². The topological polar surface area (TPSA) is 22.2 Å². The van der Waals surface area contributed by atoms with Crippen molar-refractivity contribution in [2.24, 2.45) is 0 Å². The summed E-state index contributed by atoms with van der Waals surface area (Å²) in [6, 6.07) is 21.4. The van der Waals surface area contributed by atoms with Crippen molar-refractivity contribution in [3.05, 3.63) is 89.8 Å². The molecule has 2 aliphatic rings. The number of hydrogen-bond acceptors (Lipinski definition) is 5. The van der Waals surface area contributed by atoms with Gasteiger partial charge in [-0.1, -0.05) is 18.2 Å². The van der Waals surface area contributed by atoms with E-state index >= 15 is 0 Å². The Balaban J connectivity index is 1.45. The van der Waals surface area contributed by atoms with Gasteiger partial charge in [0.1, 0.15) is 11.5 Å². The van der Waals surface area contributed by atoms with Crippen LogP contribution in [-0.4, -0.2) is 37.2 Å². The largest absolute Gasteiger partial charge is 0.457 e. The van der Waals surface area contributed by atoms with Gasteiger partial charge in [0.05, 0.1) is 13.3 Å². The normalized spacial score (nSPS) is 17.3. The molecule has 3 aromatic rings. The molecule has 176 valence electrons. The number of ether oxygens (including phenoxy) is 1. The summed E-state index contributed by atoms with van der Waals surface area (Å²) in [5.74, 6) is 1.67. The van der Waals surface area contributed by atoms with E-state index in [2.05, 4.69) is 116 Å². The average Bonchev–Trinajstić information content (AvgIpc) is 3.25. The molecule has 2 aliphatic heterocycles. The van der Waals surface area contributed by atoms with Crippen LogP contribution >= 0.6 is 0 Å². The van der Waals surface area contributed by atoms with Gasteiger partial charge in [0.2, 0.25) is 0 Å². The number of fused-ring (bicyclic) bond motifs is 1. The molecule has 5 rings (SSSR count). The van der Waals surface area contributed by atoms with Crippen molar-refractivity contribution in [2.45, 2.75) is 33.2 Å². The molecule has 2 heterocycles. The lowest BCUT2D eigenvalue weighted by Crippen LogP contribution is -2.49. The lowest BCUT2D eigenvalue weighted by molar-refractivity contribution is 0.150. The summed E-state index contributed by atoms with van der Waals surface area (Å²) < 4.78 is 6.33. The van der Waals surface area contributed by atoms with Gasteiger partial charge in [-0.15, -0.1) is 0 Å². The Morgan fingerprint density at radius 1 is 0.765 bits per heavy atom. The monoisotopic (exact) mass is 454 g/mol. The van der Waals surface area contributed by atoms with E-state index in [1.165, 1.54) is 22.4 Å². The number of rotatable bonds is 4. The second kappa shape index (κ2) is 8.41. The second-order valence-electron chi connectivity index (χ2n) is 10.0. The fourth-order valence-corrected chi connectivity index (χ4v) is 4.68. The van der Waals surface area contributed by atoms with Crippen LogP contribution in [-0.2, 0) is 5.54 Å². The number of aryl methyl sites for hydroxylation is 2. The highest BCUT2D eigenvalue weighted by molar-refractivity contribution is 5.71. The van der Waals surface area contributed by atoms with Crippen LogP contribution in [0.4, 0.5) is 17.1 Å². The Labute approximate surface area is 203 Å². The van der Waals surface area contributed by atoms with E-state index < -0.39 is 0 Å². The molecule has 0 amide bonds. The zero-order chi connectivity index (χ0) is 24.0. The highest BCUT2D eigenvalue weighted by Gasteiger charge is 2.36. The molecule has 0 aromatic heterocycles. The van der Waals surface area contributed by atoms with Crippen LogP contribution in [0.25, 0.3) is 0 Å². The Morgan fingerprint density at radius 2 is 1.41 bits per heavy atom. The van der Waals surface area contributed by atoms with Crippen LogP contribution < -0.4 is 14.5 Å². The molecule has 5 heteroatoms. The molecule has 0 saturated heterocycles. The van der Waals surface area contributed by atoms with E-state index in [9.17, 15) is 0 Å². The maximum absolute atomic E-state index is 6.33. The third kappa shape index (κ3) is 4.01. The number of nitrogens with zero attached hydrogens (tertiary/aromatic N) is 4. The van der Waals surface area contributed by atoms with E-state index in [0.29, 0.717) is 0 Å². The molecule has 34 heavy (non-hydrogen) atoms. The molecule has 0 spiro atoms. The first-order valence-corrected chi connectivity index (χ1v) is 11.9. The standard InChI is InChI=1S/C29H34N4O/c1-21-15-27-28(16-22(21)2)33(20-31(6)29(27,3)4)24-10-8-12-26(18-24)34-25-11-7-9-23(17-25)32-14-13-30(5)19-32/h7-18H,19-20H2,1-6H3. The van der Waals surface area contributed by atoms with E-state index in [1.807, 2.05) is 18.2 Å². The number of anilines is 3. The molecule has 0 radical (unpaired) electrons. The minimum Gasteiger partial charge on any atom is -0.457 e. The van der Waals surface area contributed by atoms with Gasteiger partial charge < -0.3 is 19.4 Å². The molecule has 0 fully saturated rings. The molecule has 0 saturated carbocycles. The van der Waals surface area contributed by atoms with Crippen LogP contribution in [0.15, 0.2) is 73.1 Å². The van der Waals surface area contributed by atoms with Crippen molar-refractivity contribution < 1.29 is 4.74 Å². The highest BCUT2D eigenvalue weighted by Crippen LogP contribution is 2.44. The van der Waals surface area contributed by atoms with Gasteiger partial charge >= 0.3 is 0 Å². The predicted molar refractivity (Wildman–Crippen MR) is 141 cm³/mol. The van der Waals surface area contributed by atoms with Crippen LogP contribution in [0.5, 0.6) is 11.5 Å². The van der Waals surface area contributed by atoms with Gasteiger partial charge in [-0.05, 0) is 81.8 Å². The molecule has 0 atom stereocenters. The van der Waals surface area contributed by atoms with Crippen LogP contribution in [0.3, 0.4) is 0 Å². The van der Waals surface area contributed by atoms with Gasteiger partial charge in [-0.2, -0.15) is 0 Å². The summed E-state index contributed by atoms with van der Waals surface area (Å²) in [5.41, 5.74) is 7.49. The Hall–Kier alpha value is -3.44. The van der Waals surface area contributed by atoms with Gasteiger partial charge in [-0.25, -0.2) is 0 Å². The first-order chi connectivity index (χ1) is 16.2. The zero-order valence-electron chi connectivity index (χ0n) is 21.0. The van der Waals surface area contributed by atoms with E-state index in [-0.39, 0.29) is 5.54 Å². The molecule has 5 nitrogen and oxygen atoms in total. The Bertz CT molecular complexity index is 1250. The minimum absolute atomic E-state index is 0.0308. The van der Waals surface area contributed by atoms with Crippen LogP contribution in [0, 0.1) is 13.8 Å². The zero-order valence-corrected chi connectivity index (χ0v) is 21.0. The van der Waals surface area contributed by atoms with Crippen molar-refractivity contribution in [2.75, 3.05) is 37.2 Å². The lowest BCUT2D eigenvalue weighted by atomic mass is 9.86. The van der Waals surface area contributed by atoms with Crippen LogP contribution in [0.2, 0.25) is 0 Å². The fourth-order valence-electron chi connectivity index (χ4n) is 4.68. The van der Waals surface area contributed by atoms with E-state index in [4.69, 9.17) is 4.74 Å². The summed E-state index contributed by atoms with van der Waals surface area (Å²) in [4.78, 5) is 9.15. The predicted octanol–water partition coefficient (Wildman–Crippen LogP) is 6.55. The highest BCUT2D eigenvalue weighted by atomic mass is 16.5.